The van der Waals surface area contributed by atoms with E-state index in [0.29, 0.717) is 19.6 Å². The van der Waals surface area contributed by atoms with Crippen LogP contribution in [0.2, 0.25) is 0 Å². The van der Waals surface area contributed by atoms with Gasteiger partial charge in [-0.25, -0.2) is 0 Å². The monoisotopic (exact) mass is 399 g/mol. The second-order valence-electron chi connectivity index (χ2n) is 7.77. The van der Waals surface area contributed by atoms with Crippen LogP contribution < -0.4 is 0 Å². The van der Waals surface area contributed by atoms with Crippen molar-refractivity contribution in [1.82, 2.24) is 4.90 Å². The van der Waals surface area contributed by atoms with Crippen molar-refractivity contribution in [3.8, 4) is 0 Å². The standard InChI is InChI=1S/C27H29NO2/c1-30-20-18-22-21-28(19-17-26(22)29)27(23-11-5-2-6-12-23,24-13-7-3-8-14-24)25-15-9-4-10-16-25/h2-16,18,26,29H,17,19-21H2,1H3. The van der Waals surface area contributed by atoms with Crippen LogP contribution in [0.3, 0.4) is 0 Å². The van der Waals surface area contributed by atoms with Crippen LogP contribution in [0.25, 0.3) is 0 Å². The van der Waals surface area contributed by atoms with E-state index in [-0.39, 0.29) is 0 Å². The molecule has 3 aromatic rings. The summed E-state index contributed by atoms with van der Waals surface area (Å²) < 4.78 is 5.26. The highest BCUT2D eigenvalue weighted by Crippen LogP contribution is 2.44. The fourth-order valence-corrected chi connectivity index (χ4v) is 4.63. The first-order chi connectivity index (χ1) is 14.8. The van der Waals surface area contributed by atoms with Crippen molar-refractivity contribution in [3.63, 3.8) is 0 Å². The van der Waals surface area contributed by atoms with E-state index in [1.54, 1.807) is 7.11 Å². The number of benzene rings is 3. The van der Waals surface area contributed by atoms with Crippen molar-refractivity contribution in [1.29, 1.82) is 0 Å². The first-order valence-corrected chi connectivity index (χ1v) is 10.5. The molecule has 1 fully saturated rings. The van der Waals surface area contributed by atoms with Crippen LogP contribution in [0, 0.1) is 0 Å². The molecule has 4 rings (SSSR count). The maximum atomic E-state index is 10.6. The van der Waals surface area contributed by atoms with Crippen LogP contribution in [0.4, 0.5) is 0 Å². The number of ether oxygens (including phenoxy) is 1. The molecule has 0 amide bonds. The lowest BCUT2D eigenvalue weighted by molar-refractivity contribution is 0.0847. The van der Waals surface area contributed by atoms with E-state index >= 15 is 0 Å². The Kier molecular flexibility index (Phi) is 6.44. The van der Waals surface area contributed by atoms with E-state index in [4.69, 9.17) is 4.74 Å². The van der Waals surface area contributed by atoms with E-state index in [0.717, 1.165) is 12.1 Å². The Hall–Kier alpha value is -2.72. The molecular formula is C27H29NO2. The number of hydrogen-bond acceptors (Lipinski definition) is 3. The largest absolute Gasteiger partial charge is 0.389 e. The zero-order valence-electron chi connectivity index (χ0n) is 17.4. The molecule has 3 heteroatoms. The molecule has 1 N–H and O–H groups in total. The highest BCUT2D eigenvalue weighted by atomic mass is 16.5. The van der Waals surface area contributed by atoms with Crippen molar-refractivity contribution >= 4 is 0 Å². The predicted octanol–water partition coefficient (Wildman–Crippen LogP) is 4.62. The van der Waals surface area contributed by atoms with Gasteiger partial charge < -0.3 is 9.84 Å². The van der Waals surface area contributed by atoms with Crippen molar-refractivity contribution < 1.29 is 9.84 Å². The number of likely N-dealkylation sites (tertiary alicyclic amines) is 1. The number of aliphatic hydroxyl groups is 1. The molecule has 0 radical (unpaired) electrons. The minimum Gasteiger partial charge on any atom is -0.389 e. The Labute approximate surface area is 179 Å². The maximum Gasteiger partial charge on any atom is 0.0975 e. The summed E-state index contributed by atoms with van der Waals surface area (Å²) in [5, 5.41) is 10.6. The predicted molar refractivity (Wildman–Crippen MR) is 121 cm³/mol. The molecule has 0 spiro atoms. The quantitative estimate of drug-likeness (QED) is 0.485. The second-order valence-corrected chi connectivity index (χ2v) is 7.77. The lowest BCUT2D eigenvalue weighted by Gasteiger charge is -2.48. The van der Waals surface area contributed by atoms with Gasteiger partial charge in [-0.15, -0.1) is 0 Å². The normalized spacial score (nSPS) is 19.1. The summed E-state index contributed by atoms with van der Waals surface area (Å²) >= 11 is 0. The summed E-state index contributed by atoms with van der Waals surface area (Å²) in [6, 6.07) is 32.1. The summed E-state index contributed by atoms with van der Waals surface area (Å²) in [5.41, 5.74) is 4.26. The summed E-state index contributed by atoms with van der Waals surface area (Å²) in [7, 11) is 1.69. The molecular weight excluding hydrogens is 370 g/mol. The number of rotatable bonds is 6. The van der Waals surface area contributed by atoms with Gasteiger partial charge in [-0.05, 0) is 28.7 Å². The van der Waals surface area contributed by atoms with Gasteiger partial charge in [-0.2, -0.15) is 0 Å². The van der Waals surface area contributed by atoms with Gasteiger partial charge in [0, 0.05) is 20.2 Å². The van der Waals surface area contributed by atoms with Crippen LogP contribution in [0.15, 0.2) is 103 Å². The smallest absolute Gasteiger partial charge is 0.0975 e. The third-order valence-electron chi connectivity index (χ3n) is 6.04. The van der Waals surface area contributed by atoms with Gasteiger partial charge in [0.05, 0.1) is 18.2 Å². The molecule has 3 aromatic carbocycles. The van der Waals surface area contributed by atoms with Gasteiger partial charge in [-0.1, -0.05) is 97.1 Å². The fraction of sp³-hybridized carbons (Fsp3) is 0.259. The lowest BCUT2D eigenvalue weighted by atomic mass is 9.74. The molecule has 1 saturated heterocycles. The van der Waals surface area contributed by atoms with Crippen LogP contribution in [-0.2, 0) is 10.3 Å². The van der Waals surface area contributed by atoms with Gasteiger partial charge in [0.25, 0.3) is 0 Å². The van der Waals surface area contributed by atoms with Gasteiger partial charge in [0.1, 0.15) is 0 Å². The Balaban J connectivity index is 1.94. The number of methoxy groups -OCH3 is 1. The maximum absolute atomic E-state index is 10.6. The van der Waals surface area contributed by atoms with Crippen LogP contribution >= 0.6 is 0 Å². The molecule has 0 aromatic heterocycles. The Morgan fingerprint density at radius 3 is 1.77 bits per heavy atom. The SMILES string of the molecule is COCC=C1CN(C(c2ccccc2)(c2ccccc2)c2ccccc2)CCC1O. The molecule has 1 aliphatic rings. The lowest BCUT2D eigenvalue weighted by Crippen LogP contribution is -2.53. The van der Waals surface area contributed by atoms with Gasteiger partial charge in [0.15, 0.2) is 0 Å². The zero-order chi connectivity index (χ0) is 20.8. The molecule has 30 heavy (non-hydrogen) atoms. The third-order valence-corrected chi connectivity index (χ3v) is 6.04. The van der Waals surface area contributed by atoms with Crippen molar-refractivity contribution in [2.45, 2.75) is 18.1 Å². The number of hydrogen-bond donors (Lipinski definition) is 1. The molecule has 0 saturated carbocycles. The first kappa shape index (κ1) is 20.5. The molecule has 1 unspecified atom stereocenters. The fourth-order valence-electron chi connectivity index (χ4n) is 4.63. The summed E-state index contributed by atoms with van der Waals surface area (Å²) in [6.45, 7) is 1.99. The first-order valence-electron chi connectivity index (χ1n) is 10.5. The van der Waals surface area contributed by atoms with Crippen molar-refractivity contribution in [3.05, 3.63) is 119 Å². The highest BCUT2D eigenvalue weighted by Gasteiger charge is 2.44. The minimum atomic E-state index is -0.448. The minimum absolute atomic E-state index is 0.420. The van der Waals surface area contributed by atoms with E-state index in [1.807, 2.05) is 6.08 Å². The topological polar surface area (TPSA) is 32.7 Å². The van der Waals surface area contributed by atoms with Crippen LogP contribution in [0.1, 0.15) is 23.1 Å². The van der Waals surface area contributed by atoms with E-state index < -0.39 is 11.6 Å². The molecule has 1 atom stereocenters. The summed E-state index contributed by atoms with van der Waals surface area (Å²) in [4.78, 5) is 2.50. The van der Waals surface area contributed by atoms with E-state index in [1.165, 1.54) is 16.7 Å². The average molecular weight is 400 g/mol. The van der Waals surface area contributed by atoms with E-state index in [9.17, 15) is 5.11 Å². The summed E-state index contributed by atoms with van der Waals surface area (Å²) in [5.74, 6) is 0. The van der Waals surface area contributed by atoms with E-state index in [2.05, 4.69) is 95.9 Å². The molecule has 1 heterocycles. The third kappa shape index (κ3) is 3.84. The van der Waals surface area contributed by atoms with Crippen LogP contribution in [-0.4, -0.2) is 42.9 Å². The Bertz CT molecular complexity index is 857. The van der Waals surface area contributed by atoms with Crippen molar-refractivity contribution in [2.75, 3.05) is 26.8 Å². The molecule has 1 aliphatic heterocycles. The Morgan fingerprint density at radius 2 is 1.33 bits per heavy atom. The van der Waals surface area contributed by atoms with Gasteiger partial charge in [0.2, 0.25) is 0 Å². The molecule has 0 aliphatic carbocycles. The van der Waals surface area contributed by atoms with Crippen LogP contribution in [0.5, 0.6) is 0 Å². The van der Waals surface area contributed by atoms with Crippen molar-refractivity contribution in [2.24, 2.45) is 0 Å². The number of aliphatic hydroxyl groups excluding tert-OH is 1. The molecule has 3 nitrogen and oxygen atoms in total. The molecule has 0 bridgehead atoms. The zero-order valence-corrected chi connectivity index (χ0v) is 17.4. The van der Waals surface area contributed by atoms with Gasteiger partial charge >= 0.3 is 0 Å². The molecule has 154 valence electrons. The number of piperidine rings is 1. The Morgan fingerprint density at radius 1 is 0.867 bits per heavy atom. The number of nitrogens with zero attached hydrogens (tertiary/aromatic N) is 1. The highest BCUT2D eigenvalue weighted by molar-refractivity contribution is 5.50. The second kappa shape index (κ2) is 9.40. The summed E-state index contributed by atoms with van der Waals surface area (Å²) in [6.07, 6.45) is 2.31. The van der Waals surface area contributed by atoms with Gasteiger partial charge in [-0.3, -0.25) is 4.90 Å². The average Bonchev–Trinajstić information content (AvgIpc) is 2.82.